The molecule has 0 unspecified atom stereocenters. The van der Waals surface area contributed by atoms with E-state index in [9.17, 15) is 0 Å². The van der Waals surface area contributed by atoms with Gasteiger partial charge in [-0.15, -0.1) is 0 Å². The predicted octanol–water partition coefficient (Wildman–Crippen LogP) is 4.75. The van der Waals surface area contributed by atoms with E-state index in [1.54, 1.807) is 0 Å². The van der Waals surface area contributed by atoms with E-state index in [2.05, 4.69) is 59.3 Å². The van der Waals surface area contributed by atoms with Crippen LogP contribution in [0.5, 0.6) is 0 Å². The third-order valence-corrected chi connectivity index (χ3v) is 4.83. The maximum atomic E-state index is 8.97. The number of hydrogen-bond donors (Lipinski definition) is 1. The Hall–Kier alpha value is -3.51. The van der Waals surface area contributed by atoms with Gasteiger partial charge in [0.2, 0.25) is 0 Å². The first-order valence-corrected chi connectivity index (χ1v) is 8.57. The molecule has 3 aromatic carbocycles. The number of nitrogens with zero attached hydrogens (tertiary/aromatic N) is 2. The Morgan fingerprint density at radius 2 is 1.88 bits per heavy atom. The van der Waals surface area contributed by atoms with E-state index in [0.717, 1.165) is 22.9 Å². The number of nitriles is 1. The molecule has 0 aliphatic rings. The lowest BCUT2D eigenvalue weighted by atomic mass is 9.97. The molecular formula is C23H19N3. The number of nitrogens with two attached hydrogens (primary N) is 1. The smallest absolute Gasteiger partial charge is 0.0933 e. The molecule has 26 heavy (non-hydrogen) atoms. The van der Waals surface area contributed by atoms with Crippen LogP contribution in [0.15, 0.2) is 72.9 Å². The van der Waals surface area contributed by atoms with Gasteiger partial charge in [-0.2, -0.15) is 5.26 Å². The zero-order valence-corrected chi connectivity index (χ0v) is 14.6. The third kappa shape index (κ3) is 2.72. The minimum atomic E-state index is 0.504. The van der Waals surface area contributed by atoms with E-state index < -0.39 is 0 Å². The highest BCUT2D eigenvalue weighted by Gasteiger charge is 2.13. The summed E-state index contributed by atoms with van der Waals surface area (Å²) < 4.78 is 2.12. The van der Waals surface area contributed by atoms with Crippen molar-refractivity contribution < 1.29 is 0 Å². The number of rotatable bonds is 3. The van der Waals surface area contributed by atoms with Crippen LogP contribution < -0.4 is 5.73 Å². The summed E-state index contributed by atoms with van der Waals surface area (Å²) in [5, 5.41) is 12.6. The Bertz CT molecular complexity index is 1190. The molecule has 1 heterocycles. The first-order valence-electron chi connectivity index (χ1n) is 8.57. The molecule has 126 valence electrons. The first kappa shape index (κ1) is 16.0. The van der Waals surface area contributed by atoms with Crippen LogP contribution in [0.25, 0.3) is 27.4 Å². The van der Waals surface area contributed by atoms with Gasteiger partial charge >= 0.3 is 0 Å². The normalized spacial score (nSPS) is 11.8. The molecular weight excluding hydrogens is 318 g/mol. The van der Waals surface area contributed by atoms with Gasteiger partial charge in [-0.25, -0.2) is 0 Å². The standard InChI is InChI=1S/C23H19N3/c1-26-15-19(14-16-9-10-17-5-2-3-6-18(17)13-16)23-20(21(25)11-12-24)7-4-8-22(23)26/h2-11,13,15H,14,25H2,1H3/b21-11+. The Morgan fingerprint density at radius 3 is 2.69 bits per heavy atom. The van der Waals surface area contributed by atoms with Crippen molar-refractivity contribution in [2.24, 2.45) is 12.8 Å². The van der Waals surface area contributed by atoms with Crippen LogP contribution in [0, 0.1) is 11.3 Å². The number of hydrogen-bond acceptors (Lipinski definition) is 2. The molecule has 0 radical (unpaired) electrons. The summed E-state index contributed by atoms with van der Waals surface area (Å²) in [5.41, 5.74) is 11.2. The molecule has 0 atom stereocenters. The molecule has 3 nitrogen and oxygen atoms in total. The van der Waals surface area contributed by atoms with Crippen molar-refractivity contribution in [3.63, 3.8) is 0 Å². The second kappa shape index (κ2) is 6.42. The maximum absolute atomic E-state index is 8.97. The number of aromatic nitrogens is 1. The molecule has 0 fully saturated rings. The summed E-state index contributed by atoms with van der Waals surface area (Å²) in [6, 6.07) is 23.1. The average Bonchev–Trinajstić information content (AvgIpc) is 2.98. The van der Waals surface area contributed by atoms with E-state index in [-0.39, 0.29) is 0 Å². The number of benzene rings is 3. The van der Waals surface area contributed by atoms with Crippen LogP contribution in [0.3, 0.4) is 0 Å². The topological polar surface area (TPSA) is 54.7 Å². The van der Waals surface area contributed by atoms with Crippen LogP contribution >= 0.6 is 0 Å². The van der Waals surface area contributed by atoms with Crippen LogP contribution in [0.1, 0.15) is 16.7 Å². The van der Waals surface area contributed by atoms with Gasteiger partial charge in [0.15, 0.2) is 0 Å². The van der Waals surface area contributed by atoms with E-state index in [1.807, 2.05) is 25.2 Å². The van der Waals surface area contributed by atoms with Gasteiger partial charge in [-0.3, -0.25) is 0 Å². The SMILES string of the molecule is Cn1cc(Cc2ccc3ccccc3c2)c2c(/C(N)=C\C#N)cccc21. The molecule has 4 rings (SSSR count). The average molecular weight is 337 g/mol. The van der Waals surface area contributed by atoms with Crippen molar-refractivity contribution in [2.45, 2.75) is 6.42 Å². The molecule has 0 spiro atoms. The molecule has 0 aliphatic carbocycles. The Morgan fingerprint density at radius 1 is 1.08 bits per heavy atom. The van der Waals surface area contributed by atoms with Gasteiger partial charge < -0.3 is 10.3 Å². The fraction of sp³-hybridized carbons (Fsp3) is 0.0870. The Kier molecular flexibility index (Phi) is 3.95. The fourth-order valence-corrected chi connectivity index (χ4v) is 3.63. The van der Waals surface area contributed by atoms with Gasteiger partial charge in [0.05, 0.1) is 11.8 Å². The lowest BCUT2D eigenvalue weighted by Gasteiger charge is -2.07. The summed E-state index contributed by atoms with van der Waals surface area (Å²) in [5.74, 6) is 0. The zero-order valence-electron chi connectivity index (χ0n) is 14.6. The van der Waals surface area contributed by atoms with Crippen molar-refractivity contribution in [2.75, 3.05) is 0 Å². The second-order valence-electron chi connectivity index (χ2n) is 6.55. The van der Waals surface area contributed by atoms with Gasteiger partial charge in [-0.1, -0.05) is 54.6 Å². The van der Waals surface area contributed by atoms with Crippen molar-refractivity contribution in [3.8, 4) is 6.07 Å². The van der Waals surface area contributed by atoms with E-state index in [0.29, 0.717) is 5.70 Å². The lowest BCUT2D eigenvalue weighted by Crippen LogP contribution is -1.98. The Labute approximate surface area is 152 Å². The summed E-state index contributed by atoms with van der Waals surface area (Å²) in [6.45, 7) is 0. The van der Waals surface area contributed by atoms with Crippen molar-refractivity contribution in [1.82, 2.24) is 4.57 Å². The number of aryl methyl sites for hydroxylation is 1. The Balaban J connectivity index is 1.85. The van der Waals surface area contributed by atoms with Crippen LogP contribution in [-0.2, 0) is 13.5 Å². The highest BCUT2D eigenvalue weighted by atomic mass is 14.9. The van der Waals surface area contributed by atoms with Crippen LogP contribution in [0.4, 0.5) is 0 Å². The quantitative estimate of drug-likeness (QED) is 0.549. The van der Waals surface area contributed by atoms with Crippen LogP contribution in [-0.4, -0.2) is 4.57 Å². The van der Waals surface area contributed by atoms with Gasteiger partial charge in [0, 0.05) is 35.8 Å². The maximum Gasteiger partial charge on any atom is 0.0933 e. The second-order valence-corrected chi connectivity index (χ2v) is 6.55. The first-order chi connectivity index (χ1) is 12.7. The molecule has 0 saturated heterocycles. The van der Waals surface area contributed by atoms with Gasteiger partial charge in [-0.05, 0) is 34.4 Å². The number of fused-ring (bicyclic) bond motifs is 2. The summed E-state index contributed by atoms with van der Waals surface area (Å²) in [4.78, 5) is 0. The van der Waals surface area contributed by atoms with Gasteiger partial charge in [0.25, 0.3) is 0 Å². The molecule has 0 saturated carbocycles. The highest BCUT2D eigenvalue weighted by molar-refractivity contribution is 5.95. The summed E-state index contributed by atoms with van der Waals surface area (Å²) >= 11 is 0. The van der Waals surface area contributed by atoms with Crippen molar-refractivity contribution >= 4 is 27.4 Å². The predicted molar refractivity (Wildman–Crippen MR) is 107 cm³/mol. The van der Waals surface area contributed by atoms with E-state index in [1.165, 1.54) is 28.0 Å². The van der Waals surface area contributed by atoms with E-state index >= 15 is 0 Å². The van der Waals surface area contributed by atoms with Gasteiger partial charge in [0.1, 0.15) is 0 Å². The lowest BCUT2D eigenvalue weighted by molar-refractivity contribution is 0.958. The third-order valence-electron chi connectivity index (χ3n) is 4.83. The highest BCUT2D eigenvalue weighted by Crippen LogP contribution is 2.30. The summed E-state index contributed by atoms with van der Waals surface area (Å²) in [6.07, 6.45) is 4.38. The molecule has 4 aromatic rings. The number of allylic oxidation sites excluding steroid dienone is 1. The summed E-state index contributed by atoms with van der Waals surface area (Å²) in [7, 11) is 2.04. The molecule has 0 bridgehead atoms. The minimum Gasteiger partial charge on any atom is -0.398 e. The molecule has 1 aromatic heterocycles. The monoisotopic (exact) mass is 337 g/mol. The molecule has 3 heteroatoms. The fourth-order valence-electron chi connectivity index (χ4n) is 3.63. The molecule has 0 amide bonds. The van der Waals surface area contributed by atoms with Crippen LogP contribution in [0.2, 0.25) is 0 Å². The largest absolute Gasteiger partial charge is 0.398 e. The molecule has 2 N–H and O–H groups in total. The zero-order chi connectivity index (χ0) is 18.1. The minimum absolute atomic E-state index is 0.504. The van der Waals surface area contributed by atoms with E-state index in [4.69, 9.17) is 11.0 Å². The van der Waals surface area contributed by atoms with Crippen molar-refractivity contribution in [1.29, 1.82) is 5.26 Å². The van der Waals surface area contributed by atoms with Crippen molar-refractivity contribution in [3.05, 3.63) is 89.6 Å². The molecule has 0 aliphatic heterocycles.